The van der Waals surface area contributed by atoms with E-state index in [-0.39, 0.29) is 0 Å². The van der Waals surface area contributed by atoms with Gasteiger partial charge in [-0.15, -0.1) is 0 Å². The monoisotopic (exact) mass is 198 g/mol. The Kier molecular flexibility index (Phi) is 2.90. The number of aryl methyl sites for hydroxylation is 1. The highest BCUT2D eigenvalue weighted by Gasteiger charge is 2.12. The lowest BCUT2D eigenvalue weighted by molar-refractivity contribution is 0.250. The first kappa shape index (κ1) is 9.09. The highest BCUT2D eigenvalue weighted by atomic mass is 32.2. The largest absolute Gasteiger partial charge is 0.360 e. The quantitative estimate of drug-likeness (QED) is 0.720. The molecule has 2 heterocycles. The van der Waals surface area contributed by atoms with Gasteiger partial charge in [-0.2, -0.15) is 11.8 Å². The zero-order valence-corrected chi connectivity index (χ0v) is 8.64. The van der Waals surface area contributed by atoms with Gasteiger partial charge in [-0.3, -0.25) is 4.90 Å². The molecule has 3 nitrogen and oxygen atoms in total. The molecule has 0 N–H and O–H groups in total. The fourth-order valence-corrected chi connectivity index (χ4v) is 2.45. The second kappa shape index (κ2) is 4.15. The van der Waals surface area contributed by atoms with Crippen molar-refractivity contribution in [1.29, 1.82) is 0 Å². The Labute approximate surface area is 82.5 Å². The summed E-state index contributed by atoms with van der Waals surface area (Å²) in [6, 6.07) is 2.02. The van der Waals surface area contributed by atoms with Gasteiger partial charge in [-0.05, 0) is 6.92 Å². The third kappa shape index (κ3) is 2.48. The Balaban J connectivity index is 1.89. The molecule has 1 aromatic rings. The molecule has 0 saturated carbocycles. The zero-order chi connectivity index (χ0) is 9.10. The van der Waals surface area contributed by atoms with Gasteiger partial charge in [0.25, 0.3) is 0 Å². The third-order valence-electron chi connectivity index (χ3n) is 2.16. The summed E-state index contributed by atoms with van der Waals surface area (Å²) in [5.41, 5.74) is 0.974. The molecule has 0 bridgehead atoms. The van der Waals surface area contributed by atoms with E-state index in [0.29, 0.717) is 0 Å². The number of thioether (sulfide) groups is 1. The van der Waals surface area contributed by atoms with Gasteiger partial charge in [-0.1, -0.05) is 5.16 Å². The number of rotatable bonds is 2. The standard InChI is InChI=1S/C9H14N2OS/c1-8-6-9(12-10-8)7-11-2-4-13-5-3-11/h6H,2-5,7H2,1H3. The molecule has 72 valence electrons. The van der Waals surface area contributed by atoms with Crippen LogP contribution >= 0.6 is 11.8 Å². The van der Waals surface area contributed by atoms with E-state index >= 15 is 0 Å². The Morgan fingerprint density at radius 3 is 2.92 bits per heavy atom. The third-order valence-corrected chi connectivity index (χ3v) is 3.10. The molecule has 0 atom stereocenters. The fourth-order valence-electron chi connectivity index (χ4n) is 1.47. The van der Waals surface area contributed by atoms with Crippen LogP contribution < -0.4 is 0 Å². The van der Waals surface area contributed by atoms with E-state index in [1.807, 2.05) is 24.8 Å². The van der Waals surface area contributed by atoms with Crippen molar-refractivity contribution in [3.63, 3.8) is 0 Å². The Hall–Kier alpha value is -0.480. The minimum absolute atomic E-state index is 0.918. The highest BCUT2D eigenvalue weighted by Crippen LogP contribution is 2.13. The molecule has 0 radical (unpaired) electrons. The van der Waals surface area contributed by atoms with E-state index in [2.05, 4.69) is 10.1 Å². The van der Waals surface area contributed by atoms with Crippen molar-refractivity contribution < 1.29 is 4.52 Å². The van der Waals surface area contributed by atoms with Crippen LogP contribution in [0.2, 0.25) is 0 Å². The van der Waals surface area contributed by atoms with Crippen molar-refractivity contribution in [2.45, 2.75) is 13.5 Å². The van der Waals surface area contributed by atoms with Crippen LogP contribution in [0.1, 0.15) is 11.5 Å². The molecule has 1 saturated heterocycles. The van der Waals surface area contributed by atoms with E-state index in [4.69, 9.17) is 4.52 Å². The Morgan fingerprint density at radius 2 is 2.31 bits per heavy atom. The van der Waals surface area contributed by atoms with Gasteiger partial charge in [0.05, 0.1) is 12.2 Å². The first-order valence-corrected chi connectivity index (χ1v) is 5.72. The molecule has 1 aliphatic rings. The van der Waals surface area contributed by atoms with Gasteiger partial charge in [0.2, 0.25) is 0 Å². The molecular weight excluding hydrogens is 184 g/mol. The molecular formula is C9H14N2OS. The normalized spacial score (nSPS) is 19.2. The molecule has 0 unspecified atom stereocenters. The predicted molar refractivity (Wildman–Crippen MR) is 53.8 cm³/mol. The molecule has 1 aromatic heterocycles. The van der Waals surface area contributed by atoms with Crippen LogP contribution in [-0.4, -0.2) is 34.7 Å². The van der Waals surface area contributed by atoms with Crippen LogP contribution in [0.3, 0.4) is 0 Å². The maximum Gasteiger partial charge on any atom is 0.150 e. The van der Waals surface area contributed by atoms with Gasteiger partial charge in [0, 0.05) is 30.7 Å². The number of aromatic nitrogens is 1. The van der Waals surface area contributed by atoms with E-state index in [0.717, 1.165) is 18.0 Å². The van der Waals surface area contributed by atoms with Gasteiger partial charge in [0.15, 0.2) is 5.76 Å². The number of hydrogen-bond acceptors (Lipinski definition) is 4. The topological polar surface area (TPSA) is 29.3 Å². The summed E-state index contributed by atoms with van der Waals surface area (Å²) in [4.78, 5) is 2.41. The summed E-state index contributed by atoms with van der Waals surface area (Å²) in [5.74, 6) is 3.48. The molecule has 13 heavy (non-hydrogen) atoms. The molecule has 2 rings (SSSR count). The highest BCUT2D eigenvalue weighted by molar-refractivity contribution is 7.99. The minimum atomic E-state index is 0.918. The molecule has 0 spiro atoms. The van der Waals surface area contributed by atoms with Crippen molar-refractivity contribution in [2.75, 3.05) is 24.6 Å². The van der Waals surface area contributed by atoms with E-state index < -0.39 is 0 Å². The smallest absolute Gasteiger partial charge is 0.150 e. The van der Waals surface area contributed by atoms with Crippen LogP contribution in [0.15, 0.2) is 10.6 Å². The van der Waals surface area contributed by atoms with E-state index in [9.17, 15) is 0 Å². The minimum Gasteiger partial charge on any atom is -0.360 e. The zero-order valence-electron chi connectivity index (χ0n) is 7.82. The van der Waals surface area contributed by atoms with Crippen LogP contribution in [0, 0.1) is 6.92 Å². The Bertz CT molecular complexity index is 268. The van der Waals surface area contributed by atoms with Crippen molar-refractivity contribution in [3.05, 3.63) is 17.5 Å². The summed E-state index contributed by atoms with van der Waals surface area (Å²) in [6.07, 6.45) is 0. The average molecular weight is 198 g/mol. The number of hydrogen-bond donors (Lipinski definition) is 0. The molecule has 0 amide bonds. The fraction of sp³-hybridized carbons (Fsp3) is 0.667. The Morgan fingerprint density at radius 1 is 1.54 bits per heavy atom. The van der Waals surface area contributed by atoms with Crippen molar-refractivity contribution >= 4 is 11.8 Å². The van der Waals surface area contributed by atoms with Crippen LogP contribution in [-0.2, 0) is 6.54 Å². The van der Waals surface area contributed by atoms with Crippen molar-refractivity contribution in [2.24, 2.45) is 0 Å². The van der Waals surface area contributed by atoms with Crippen LogP contribution in [0.25, 0.3) is 0 Å². The van der Waals surface area contributed by atoms with Gasteiger partial charge >= 0.3 is 0 Å². The average Bonchev–Trinajstić information content (AvgIpc) is 2.53. The van der Waals surface area contributed by atoms with Crippen molar-refractivity contribution in [3.8, 4) is 0 Å². The first-order chi connectivity index (χ1) is 6.34. The van der Waals surface area contributed by atoms with Gasteiger partial charge < -0.3 is 4.52 Å². The summed E-state index contributed by atoms with van der Waals surface area (Å²) >= 11 is 2.03. The summed E-state index contributed by atoms with van der Waals surface area (Å²) in [6.45, 7) is 5.22. The van der Waals surface area contributed by atoms with Gasteiger partial charge in [-0.25, -0.2) is 0 Å². The summed E-state index contributed by atoms with van der Waals surface area (Å²) in [7, 11) is 0. The molecule has 1 fully saturated rings. The number of nitrogens with zero attached hydrogens (tertiary/aromatic N) is 2. The first-order valence-electron chi connectivity index (χ1n) is 4.57. The van der Waals surface area contributed by atoms with Gasteiger partial charge in [0.1, 0.15) is 0 Å². The van der Waals surface area contributed by atoms with E-state index in [1.54, 1.807) is 0 Å². The summed E-state index contributed by atoms with van der Waals surface area (Å²) in [5, 5.41) is 3.88. The molecule has 0 aliphatic carbocycles. The lowest BCUT2D eigenvalue weighted by atomic mass is 10.3. The molecule has 1 aliphatic heterocycles. The molecule has 0 aromatic carbocycles. The maximum absolute atomic E-state index is 5.17. The van der Waals surface area contributed by atoms with E-state index in [1.165, 1.54) is 24.6 Å². The predicted octanol–water partition coefficient (Wildman–Crippen LogP) is 1.53. The van der Waals surface area contributed by atoms with Crippen LogP contribution in [0.4, 0.5) is 0 Å². The SMILES string of the molecule is Cc1cc(CN2CCSCC2)on1. The second-order valence-electron chi connectivity index (χ2n) is 3.32. The maximum atomic E-state index is 5.17. The lowest BCUT2D eigenvalue weighted by Gasteiger charge is -2.24. The van der Waals surface area contributed by atoms with Crippen molar-refractivity contribution in [1.82, 2.24) is 10.1 Å². The summed E-state index contributed by atoms with van der Waals surface area (Å²) < 4.78 is 5.17. The van der Waals surface area contributed by atoms with Crippen LogP contribution in [0.5, 0.6) is 0 Å². The molecule has 4 heteroatoms. The lowest BCUT2D eigenvalue weighted by Crippen LogP contribution is -2.31. The second-order valence-corrected chi connectivity index (χ2v) is 4.55.